The van der Waals surface area contributed by atoms with Gasteiger partial charge in [0.25, 0.3) is 0 Å². The molecule has 0 saturated carbocycles. The summed E-state index contributed by atoms with van der Waals surface area (Å²) in [4.78, 5) is 11.7. The van der Waals surface area contributed by atoms with E-state index in [1.54, 1.807) is 30.3 Å². The molecule has 0 aliphatic carbocycles. The topological polar surface area (TPSA) is 26.3 Å². The maximum Gasteiger partial charge on any atom is 0.200 e. The van der Waals surface area contributed by atoms with Crippen LogP contribution in [0.1, 0.15) is 10.4 Å². The van der Waals surface area contributed by atoms with Crippen LogP contribution >= 0.6 is 0 Å². The molecule has 0 atom stereocenters. The zero-order chi connectivity index (χ0) is 13.0. The van der Waals surface area contributed by atoms with Crippen LogP contribution in [0.3, 0.4) is 0 Å². The highest BCUT2D eigenvalue weighted by Gasteiger charge is 2.12. The molecular formula is C14H10F2O2. The van der Waals surface area contributed by atoms with Gasteiger partial charge in [-0.25, -0.2) is 8.78 Å². The lowest BCUT2D eigenvalue weighted by molar-refractivity contribution is 0.0915. The fourth-order valence-electron chi connectivity index (χ4n) is 1.47. The van der Waals surface area contributed by atoms with E-state index in [0.29, 0.717) is 5.56 Å². The van der Waals surface area contributed by atoms with Crippen LogP contribution in [0.4, 0.5) is 8.78 Å². The Kier molecular flexibility index (Phi) is 3.67. The van der Waals surface area contributed by atoms with E-state index < -0.39 is 24.0 Å². The van der Waals surface area contributed by atoms with Gasteiger partial charge >= 0.3 is 0 Å². The zero-order valence-corrected chi connectivity index (χ0v) is 9.40. The average Bonchev–Trinajstić information content (AvgIpc) is 2.39. The highest BCUT2D eigenvalue weighted by Crippen LogP contribution is 2.20. The van der Waals surface area contributed by atoms with Gasteiger partial charge in [-0.3, -0.25) is 4.79 Å². The maximum absolute atomic E-state index is 13.2. The lowest BCUT2D eigenvalue weighted by Gasteiger charge is -2.07. The van der Waals surface area contributed by atoms with Crippen LogP contribution < -0.4 is 4.74 Å². The molecule has 2 aromatic carbocycles. The number of ether oxygens (including phenoxy) is 1. The fraction of sp³-hybridized carbons (Fsp3) is 0.0714. The van der Waals surface area contributed by atoms with Crippen molar-refractivity contribution in [2.45, 2.75) is 0 Å². The molecule has 0 heterocycles. The van der Waals surface area contributed by atoms with Crippen LogP contribution in [-0.2, 0) is 0 Å². The second-order valence-corrected chi connectivity index (χ2v) is 3.63. The number of para-hydroxylation sites is 1. The van der Waals surface area contributed by atoms with Crippen molar-refractivity contribution in [3.05, 3.63) is 65.7 Å². The van der Waals surface area contributed by atoms with E-state index in [2.05, 4.69) is 0 Å². The standard InChI is InChI=1S/C14H10F2O2/c15-11-7-4-8-12(16)14(11)18-9-13(17)10-5-2-1-3-6-10/h1-8H,9H2. The monoisotopic (exact) mass is 248 g/mol. The molecule has 0 spiro atoms. The van der Waals surface area contributed by atoms with Gasteiger partial charge in [-0.05, 0) is 12.1 Å². The molecule has 0 bridgehead atoms. The van der Waals surface area contributed by atoms with Gasteiger partial charge in [-0.1, -0.05) is 36.4 Å². The molecule has 0 amide bonds. The first-order chi connectivity index (χ1) is 8.68. The lowest BCUT2D eigenvalue weighted by Crippen LogP contribution is -2.12. The lowest BCUT2D eigenvalue weighted by atomic mass is 10.1. The molecule has 0 aromatic heterocycles. The van der Waals surface area contributed by atoms with Crippen LogP contribution in [0.15, 0.2) is 48.5 Å². The Bertz CT molecular complexity index is 533. The second-order valence-electron chi connectivity index (χ2n) is 3.63. The Balaban J connectivity index is 2.07. The molecule has 2 rings (SSSR count). The summed E-state index contributed by atoms with van der Waals surface area (Å²) in [6.45, 7) is -0.401. The average molecular weight is 248 g/mol. The molecule has 0 radical (unpaired) electrons. The van der Waals surface area contributed by atoms with Gasteiger partial charge in [0.2, 0.25) is 0 Å². The molecule has 0 saturated heterocycles. The number of Topliss-reactive ketones (excluding diaryl/α,β-unsaturated/α-hetero) is 1. The number of rotatable bonds is 4. The van der Waals surface area contributed by atoms with Crippen LogP contribution in [0.5, 0.6) is 5.75 Å². The molecular weight excluding hydrogens is 238 g/mol. The van der Waals surface area contributed by atoms with Gasteiger partial charge in [0, 0.05) is 5.56 Å². The number of halogens is 2. The summed E-state index contributed by atoms with van der Waals surface area (Å²) >= 11 is 0. The van der Waals surface area contributed by atoms with Gasteiger partial charge in [0.1, 0.15) is 0 Å². The summed E-state index contributed by atoms with van der Waals surface area (Å²) in [5.74, 6) is -2.51. The highest BCUT2D eigenvalue weighted by atomic mass is 19.1. The summed E-state index contributed by atoms with van der Waals surface area (Å²) in [5.41, 5.74) is 0.439. The van der Waals surface area contributed by atoms with Gasteiger partial charge in [0.05, 0.1) is 0 Å². The predicted octanol–water partition coefficient (Wildman–Crippen LogP) is 3.23. The van der Waals surface area contributed by atoms with Crippen molar-refractivity contribution < 1.29 is 18.3 Å². The summed E-state index contributed by atoms with van der Waals surface area (Å²) in [5, 5.41) is 0. The normalized spacial score (nSPS) is 10.1. The Hall–Kier alpha value is -2.23. The Morgan fingerprint density at radius 3 is 2.17 bits per heavy atom. The Morgan fingerprint density at radius 1 is 0.944 bits per heavy atom. The molecule has 4 heteroatoms. The van der Waals surface area contributed by atoms with E-state index in [-0.39, 0.29) is 5.78 Å². The minimum absolute atomic E-state index is 0.335. The summed E-state index contributed by atoms with van der Waals surface area (Å²) in [7, 11) is 0. The summed E-state index contributed by atoms with van der Waals surface area (Å²) < 4.78 is 31.3. The van der Waals surface area contributed by atoms with Crippen LogP contribution in [0.2, 0.25) is 0 Å². The van der Waals surface area contributed by atoms with Crippen molar-refractivity contribution in [3.8, 4) is 5.75 Å². The van der Waals surface area contributed by atoms with Gasteiger partial charge in [-0.15, -0.1) is 0 Å². The zero-order valence-electron chi connectivity index (χ0n) is 9.40. The Labute approximate surface area is 103 Å². The molecule has 0 N–H and O–H groups in total. The number of benzene rings is 2. The smallest absolute Gasteiger partial charge is 0.200 e. The number of ketones is 1. The van der Waals surface area contributed by atoms with E-state index in [1.807, 2.05) is 0 Å². The van der Waals surface area contributed by atoms with Crippen molar-refractivity contribution >= 4 is 5.78 Å². The second kappa shape index (κ2) is 5.40. The minimum Gasteiger partial charge on any atom is -0.479 e. The van der Waals surface area contributed by atoms with Crippen LogP contribution in [0, 0.1) is 11.6 Å². The maximum atomic E-state index is 13.2. The van der Waals surface area contributed by atoms with E-state index in [0.717, 1.165) is 12.1 Å². The molecule has 0 aliphatic heterocycles. The highest BCUT2D eigenvalue weighted by molar-refractivity contribution is 5.97. The first-order valence-corrected chi connectivity index (χ1v) is 5.33. The number of carbonyl (C=O) groups is 1. The quantitative estimate of drug-likeness (QED) is 0.776. The Morgan fingerprint density at radius 2 is 1.56 bits per heavy atom. The van der Waals surface area contributed by atoms with Crippen molar-refractivity contribution in [2.75, 3.05) is 6.61 Å². The largest absolute Gasteiger partial charge is 0.479 e. The first-order valence-electron chi connectivity index (χ1n) is 5.33. The van der Waals surface area contributed by atoms with Crippen LogP contribution in [-0.4, -0.2) is 12.4 Å². The summed E-state index contributed by atoms with van der Waals surface area (Å²) in [6.07, 6.45) is 0. The number of carbonyl (C=O) groups excluding carboxylic acids is 1. The molecule has 18 heavy (non-hydrogen) atoms. The molecule has 2 nitrogen and oxygen atoms in total. The molecule has 92 valence electrons. The van der Waals surface area contributed by atoms with E-state index in [4.69, 9.17) is 4.74 Å². The van der Waals surface area contributed by atoms with Gasteiger partial charge in [0.15, 0.2) is 29.8 Å². The fourth-order valence-corrected chi connectivity index (χ4v) is 1.47. The molecule has 0 aliphatic rings. The van der Waals surface area contributed by atoms with Crippen molar-refractivity contribution in [1.82, 2.24) is 0 Å². The third-order valence-corrected chi connectivity index (χ3v) is 2.36. The van der Waals surface area contributed by atoms with Crippen molar-refractivity contribution in [2.24, 2.45) is 0 Å². The van der Waals surface area contributed by atoms with E-state index in [9.17, 15) is 13.6 Å². The van der Waals surface area contributed by atoms with Crippen LogP contribution in [0.25, 0.3) is 0 Å². The third-order valence-electron chi connectivity index (χ3n) is 2.36. The molecule has 2 aromatic rings. The van der Waals surface area contributed by atoms with Crippen molar-refractivity contribution in [1.29, 1.82) is 0 Å². The third kappa shape index (κ3) is 2.71. The molecule has 0 unspecified atom stereocenters. The van der Waals surface area contributed by atoms with E-state index >= 15 is 0 Å². The number of hydrogen-bond donors (Lipinski definition) is 0. The first kappa shape index (κ1) is 12.2. The minimum atomic E-state index is -0.823. The van der Waals surface area contributed by atoms with Gasteiger partial charge in [-0.2, -0.15) is 0 Å². The van der Waals surface area contributed by atoms with Gasteiger partial charge < -0.3 is 4.74 Å². The SMILES string of the molecule is O=C(COc1c(F)cccc1F)c1ccccc1. The number of hydrogen-bond acceptors (Lipinski definition) is 2. The van der Waals surface area contributed by atoms with Crippen molar-refractivity contribution in [3.63, 3.8) is 0 Å². The summed E-state index contributed by atoms with van der Waals surface area (Å²) in [6, 6.07) is 11.8. The van der Waals surface area contributed by atoms with E-state index in [1.165, 1.54) is 6.07 Å². The predicted molar refractivity (Wildman–Crippen MR) is 62.6 cm³/mol. The molecule has 0 fully saturated rings.